The van der Waals surface area contributed by atoms with Crippen molar-refractivity contribution in [1.82, 2.24) is 20.1 Å². The predicted octanol–water partition coefficient (Wildman–Crippen LogP) is 3.91. The van der Waals surface area contributed by atoms with Crippen LogP contribution in [0, 0.1) is 18.8 Å². The van der Waals surface area contributed by atoms with Crippen LogP contribution in [0.5, 0.6) is 0 Å². The van der Waals surface area contributed by atoms with Crippen LogP contribution in [-0.2, 0) is 11.2 Å². The second kappa shape index (κ2) is 7.33. The molecule has 5 nitrogen and oxygen atoms in total. The number of aromatic nitrogens is 3. The molecule has 6 heteroatoms. The standard InChI is InChI=1S/C22H24N4OS/c1-14-24-25-22(28-14)17-4-5-18-10-23-20(8-19(18)7-17)9-21(27)13-26-11-15-2-3-16(6-15)12-26/h4-5,7-8,10,15-16H,2-3,6,9,11-13H2,1H3. The molecular weight excluding hydrogens is 368 g/mol. The second-order valence-corrected chi connectivity index (χ2v) is 9.50. The molecule has 3 heterocycles. The lowest BCUT2D eigenvalue weighted by molar-refractivity contribution is -0.120. The summed E-state index contributed by atoms with van der Waals surface area (Å²) in [5, 5.41) is 12.4. The van der Waals surface area contributed by atoms with Crippen LogP contribution in [0.3, 0.4) is 0 Å². The van der Waals surface area contributed by atoms with Crippen LogP contribution in [-0.4, -0.2) is 45.5 Å². The maximum atomic E-state index is 12.6. The van der Waals surface area contributed by atoms with Crippen molar-refractivity contribution >= 4 is 27.9 Å². The SMILES string of the molecule is Cc1nnc(-c2ccc3cnc(CC(=O)CN4CC5CCC(C5)C4)cc3c2)s1. The number of pyridine rings is 1. The normalized spacial score (nSPS) is 22.0. The lowest BCUT2D eigenvalue weighted by Gasteiger charge is -2.31. The molecule has 1 saturated carbocycles. The van der Waals surface area contributed by atoms with E-state index in [9.17, 15) is 4.79 Å². The Morgan fingerprint density at radius 2 is 1.96 bits per heavy atom. The van der Waals surface area contributed by atoms with Crippen molar-refractivity contribution < 1.29 is 4.79 Å². The molecule has 2 aromatic heterocycles. The van der Waals surface area contributed by atoms with E-state index < -0.39 is 0 Å². The molecule has 3 aromatic rings. The number of rotatable bonds is 5. The van der Waals surface area contributed by atoms with Gasteiger partial charge >= 0.3 is 0 Å². The first kappa shape index (κ1) is 17.9. The number of Topliss-reactive ketones (excluding diaryl/α,β-unsaturated/α-hetero) is 1. The van der Waals surface area contributed by atoms with Crippen molar-refractivity contribution in [1.29, 1.82) is 0 Å². The number of fused-ring (bicyclic) bond motifs is 3. The highest BCUT2D eigenvalue weighted by Gasteiger charge is 2.33. The fraction of sp³-hybridized carbons (Fsp3) is 0.455. The smallest absolute Gasteiger partial charge is 0.152 e. The van der Waals surface area contributed by atoms with Crippen molar-refractivity contribution in [3.8, 4) is 10.6 Å². The summed E-state index contributed by atoms with van der Waals surface area (Å²) in [6.07, 6.45) is 6.33. The summed E-state index contributed by atoms with van der Waals surface area (Å²) in [6.45, 7) is 4.72. The molecule has 0 radical (unpaired) electrons. The van der Waals surface area contributed by atoms with Crippen LogP contribution in [0.4, 0.5) is 0 Å². The van der Waals surface area contributed by atoms with E-state index in [2.05, 4.69) is 38.3 Å². The minimum atomic E-state index is 0.268. The van der Waals surface area contributed by atoms with E-state index in [0.29, 0.717) is 13.0 Å². The lowest BCUT2D eigenvalue weighted by atomic mass is 9.98. The molecule has 1 aromatic carbocycles. The zero-order valence-corrected chi connectivity index (χ0v) is 16.9. The summed E-state index contributed by atoms with van der Waals surface area (Å²) in [5.41, 5.74) is 1.91. The molecule has 0 spiro atoms. The number of piperidine rings is 1. The molecule has 2 unspecified atom stereocenters. The third kappa shape index (κ3) is 3.71. The number of hydrogen-bond acceptors (Lipinski definition) is 6. The zero-order valence-electron chi connectivity index (χ0n) is 16.1. The first-order chi connectivity index (χ1) is 13.6. The molecule has 1 aliphatic carbocycles. The van der Waals surface area contributed by atoms with Gasteiger partial charge in [0.05, 0.1) is 13.0 Å². The van der Waals surface area contributed by atoms with Crippen molar-refractivity contribution in [2.45, 2.75) is 32.6 Å². The van der Waals surface area contributed by atoms with E-state index in [4.69, 9.17) is 0 Å². The summed E-state index contributed by atoms with van der Waals surface area (Å²) in [7, 11) is 0. The molecule has 1 aliphatic heterocycles. The van der Waals surface area contributed by atoms with Gasteiger partial charge in [0, 0.05) is 35.9 Å². The van der Waals surface area contributed by atoms with Crippen LogP contribution < -0.4 is 0 Å². The van der Waals surface area contributed by atoms with E-state index in [1.807, 2.05) is 19.2 Å². The quantitative estimate of drug-likeness (QED) is 0.659. The molecular formula is C22H24N4OS. The number of carbonyl (C=O) groups excluding carboxylic acids is 1. The minimum absolute atomic E-state index is 0.268. The number of hydrogen-bond donors (Lipinski definition) is 0. The van der Waals surface area contributed by atoms with E-state index in [0.717, 1.165) is 57.0 Å². The van der Waals surface area contributed by atoms with Gasteiger partial charge in [-0.05, 0) is 55.5 Å². The number of benzene rings is 1. The fourth-order valence-corrected chi connectivity index (χ4v) is 5.47. The molecule has 2 aliphatic rings. The fourth-order valence-electron chi connectivity index (χ4n) is 4.78. The monoisotopic (exact) mass is 392 g/mol. The Balaban J connectivity index is 1.30. The molecule has 2 atom stereocenters. The van der Waals surface area contributed by atoms with E-state index in [1.54, 1.807) is 11.3 Å². The van der Waals surface area contributed by atoms with Crippen LogP contribution >= 0.6 is 11.3 Å². The summed E-state index contributed by atoms with van der Waals surface area (Å²) < 4.78 is 0. The average molecular weight is 393 g/mol. The summed E-state index contributed by atoms with van der Waals surface area (Å²) in [4.78, 5) is 19.5. The Labute approximate surface area is 168 Å². The van der Waals surface area contributed by atoms with Gasteiger partial charge in [0.25, 0.3) is 0 Å². The number of nitrogens with zero attached hydrogens (tertiary/aromatic N) is 4. The van der Waals surface area contributed by atoms with Gasteiger partial charge in [-0.15, -0.1) is 10.2 Å². The van der Waals surface area contributed by atoms with Gasteiger partial charge in [-0.25, -0.2) is 0 Å². The van der Waals surface area contributed by atoms with Crippen molar-refractivity contribution in [3.63, 3.8) is 0 Å². The van der Waals surface area contributed by atoms with Gasteiger partial charge < -0.3 is 0 Å². The van der Waals surface area contributed by atoms with Crippen LogP contribution in [0.2, 0.25) is 0 Å². The van der Waals surface area contributed by atoms with Crippen LogP contribution in [0.25, 0.3) is 21.3 Å². The highest BCUT2D eigenvalue weighted by Crippen LogP contribution is 2.36. The maximum absolute atomic E-state index is 12.6. The van der Waals surface area contributed by atoms with Gasteiger partial charge in [-0.1, -0.05) is 23.5 Å². The average Bonchev–Trinajstić information content (AvgIpc) is 3.26. The van der Waals surface area contributed by atoms with Gasteiger partial charge in [-0.3, -0.25) is 14.7 Å². The number of carbonyl (C=O) groups is 1. The Morgan fingerprint density at radius 3 is 2.71 bits per heavy atom. The molecule has 28 heavy (non-hydrogen) atoms. The van der Waals surface area contributed by atoms with Crippen molar-refractivity contribution in [3.05, 3.63) is 41.2 Å². The summed E-state index contributed by atoms with van der Waals surface area (Å²) in [5.74, 6) is 1.89. The molecule has 0 N–H and O–H groups in total. The maximum Gasteiger partial charge on any atom is 0.152 e. The summed E-state index contributed by atoms with van der Waals surface area (Å²) in [6, 6.07) is 8.28. The van der Waals surface area contributed by atoms with Gasteiger partial charge in [0.1, 0.15) is 10.0 Å². The van der Waals surface area contributed by atoms with Crippen molar-refractivity contribution in [2.24, 2.45) is 11.8 Å². The predicted molar refractivity (Wildman–Crippen MR) is 111 cm³/mol. The van der Waals surface area contributed by atoms with E-state index in [1.165, 1.54) is 19.3 Å². The summed E-state index contributed by atoms with van der Waals surface area (Å²) >= 11 is 1.59. The molecule has 0 amide bonds. The Morgan fingerprint density at radius 1 is 1.14 bits per heavy atom. The first-order valence-electron chi connectivity index (χ1n) is 10.1. The second-order valence-electron chi connectivity index (χ2n) is 8.32. The third-order valence-corrected chi connectivity index (χ3v) is 6.90. The largest absolute Gasteiger partial charge is 0.298 e. The number of likely N-dealkylation sites (tertiary alicyclic amines) is 1. The topological polar surface area (TPSA) is 59.0 Å². The van der Waals surface area contributed by atoms with E-state index >= 15 is 0 Å². The Hall–Kier alpha value is -2.18. The van der Waals surface area contributed by atoms with E-state index in [-0.39, 0.29) is 5.78 Å². The Kier molecular flexibility index (Phi) is 4.69. The molecule has 144 valence electrons. The van der Waals surface area contributed by atoms with Gasteiger partial charge in [0.15, 0.2) is 5.78 Å². The molecule has 2 bridgehead atoms. The highest BCUT2D eigenvalue weighted by atomic mass is 32.1. The van der Waals surface area contributed by atoms with Gasteiger partial charge in [0.2, 0.25) is 0 Å². The van der Waals surface area contributed by atoms with Gasteiger partial charge in [-0.2, -0.15) is 0 Å². The number of ketones is 1. The minimum Gasteiger partial charge on any atom is -0.298 e. The lowest BCUT2D eigenvalue weighted by Crippen LogP contribution is -2.40. The third-order valence-electron chi connectivity index (χ3n) is 6.01. The van der Waals surface area contributed by atoms with Crippen LogP contribution in [0.1, 0.15) is 30.0 Å². The van der Waals surface area contributed by atoms with Crippen LogP contribution in [0.15, 0.2) is 30.5 Å². The first-order valence-corrected chi connectivity index (χ1v) is 10.9. The van der Waals surface area contributed by atoms with Crippen molar-refractivity contribution in [2.75, 3.05) is 19.6 Å². The Bertz CT molecular complexity index is 1020. The number of aryl methyl sites for hydroxylation is 1. The molecule has 1 saturated heterocycles. The molecule has 5 rings (SSSR count). The molecule has 2 fully saturated rings. The zero-order chi connectivity index (χ0) is 19.1. The highest BCUT2D eigenvalue weighted by molar-refractivity contribution is 7.14.